The second kappa shape index (κ2) is 8.22. The molecule has 0 heterocycles. The Balaban J connectivity index is 2.05. The molecular weight excluding hydrogens is 359 g/mol. The Morgan fingerprint density at radius 2 is 1.96 bits per heavy atom. The Morgan fingerprint density at radius 1 is 1.26 bits per heavy atom. The molecule has 2 N–H and O–H groups in total. The van der Waals surface area contributed by atoms with Gasteiger partial charge in [-0.3, -0.25) is 4.79 Å². The standard InChI is InChI=1S/C18H20BrFN2O/c1-2-22(12-14-10-15(19)8-9-16(14)20)18(23)11-17(21)13-6-4-3-5-7-13/h3-10,17H,2,11-12,21H2,1H3. The summed E-state index contributed by atoms with van der Waals surface area (Å²) < 4.78 is 14.7. The topological polar surface area (TPSA) is 46.3 Å². The molecule has 1 unspecified atom stereocenters. The van der Waals surface area contributed by atoms with Crippen molar-refractivity contribution in [2.24, 2.45) is 5.73 Å². The maximum absolute atomic E-state index is 13.9. The summed E-state index contributed by atoms with van der Waals surface area (Å²) in [5.74, 6) is -0.393. The molecule has 2 aromatic carbocycles. The van der Waals surface area contributed by atoms with Crippen molar-refractivity contribution in [1.82, 2.24) is 4.90 Å². The van der Waals surface area contributed by atoms with Crippen molar-refractivity contribution in [3.8, 4) is 0 Å². The number of benzene rings is 2. The largest absolute Gasteiger partial charge is 0.338 e. The molecule has 0 saturated carbocycles. The third-order valence-corrected chi connectivity index (χ3v) is 4.22. The summed E-state index contributed by atoms with van der Waals surface area (Å²) in [4.78, 5) is 14.1. The van der Waals surface area contributed by atoms with Crippen LogP contribution in [0, 0.1) is 5.82 Å². The van der Waals surface area contributed by atoms with Crippen LogP contribution in [-0.4, -0.2) is 17.4 Å². The maximum Gasteiger partial charge on any atom is 0.224 e. The minimum Gasteiger partial charge on any atom is -0.338 e. The third kappa shape index (κ3) is 4.88. The van der Waals surface area contributed by atoms with Crippen molar-refractivity contribution in [2.45, 2.75) is 25.9 Å². The van der Waals surface area contributed by atoms with Gasteiger partial charge in [-0.05, 0) is 30.7 Å². The molecule has 0 spiro atoms. The van der Waals surface area contributed by atoms with Gasteiger partial charge in [0.05, 0.1) is 0 Å². The van der Waals surface area contributed by atoms with Gasteiger partial charge in [-0.25, -0.2) is 4.39 Å². The Hall–Kier alpha value is -1.72. The van der Waals surface area contributed by atoms with Crippen LogP contribution in [0.2, 0.25) is 0 Å². The van der Waals surface area contributed by atoms with Crippen molar-refractivity contribution in [2.75, 3.05) is 6.54 Å². The van der Waals surface area contributed by atoms with E-state index in [4.69, 9.17) is 5.73 Å². The smallest absolute Gasteiger partial charge is 0.224 e. The van der Waals surface area contributed by atoms with Crippen LogP contribution in [0.15, 0.2) is 53.0 Å². The highest BCUT2D eigenvalue weighted by Gasteiger charge is 2.18. The molecule has 1 amide bonds. The summed E-state index contributed by atoms with van der Waals surface area (Å²) in [6, 6.07) is 13.9. The van der Waals surface area contributed by atoms with Gasteiger partial charge in [0.1, 0.15) is 5.82 Å². The predicted molar refractivity (Wildman–Crippen MR) is 93.2 cm³/mol. The summed E-state index contributed by atoms with van der Waals surface area (Å²) in [6.45, 7) is 2.62. The number of halogens is 2. The van der Waals surface area contributed by atoms with Crippen LogP contribution >= 0.6 is 15.9 Å². The monoisotopic (exact) mass is 378 g/mol. The van der Waals surface area contributed by atoms with Gasteiger partial charge in [0.2, 0.25) is 5.91 Å². The molecule has 0 aliphatic rings. The van der Waals surface area contributed by atoms with E-state index in [1.165, 1.54) is 6.07 Å². The molecule has 0 fully saturated rings. The van der Waals surface area contributed by atoms with E-state index in [-0.39, 0.29) is 30.7 Å². The molecular formula is C18H20BrFN2O. The minimum atomic E-state index is -0.356. The second-order valence-electron chi connectivity index (χ2n) is 5.36. The summed E-state index contributed by atoms with van der Waals surface area (Å²) in [5.41, 5.74) is 7.52. The van der Waals surface area contributed by atoms with E-state index in [2.05, 4.69) is 15.9 Å². The summed E-state index contributed by atoms with van der Waals surface area (Å²) in [6.07, 6.45) is 0.202. The minimum absolute atomic E-state index is 0.0803. The fourth-order valence-electron chi connectivity index (χ4n) is 2.38. The first-order chi connectivity index (χ1) is 11.0. The maximum atomic E-state index is 13.9. The van der Waals surface area contributed by atoms with Crippen molar-refractivity contribution in [3.63, 3.8) is 0 Å². The van der Waals surface area contributed by atoms with Gasteiger partial charge in [-0.2, -0.15) is 0 Å². The van der Waals surface area contributed by atoms with Crippen LogP contribution in [-0.2, 0) is 11.3 Å². The zero-order chi connectivity index (χ0) is 16.8. The lowest BCUT2D eigenvalue weighted by Crippen LogP contribution is -2.33. The van der Waals surface area contributed by atoms with Crippen LogP contribution in [0.5, 0.6) is 0 Å². The summed E-state index contributed by atoms with van der Waals surface area (Å²) in [7, 11) is 0. The van der Waals surface area contributed by atoms with Gasteiger partial charge in [-0.15, -0.1) is 0 Å². The number of hydrogen-bond donors (Lipinski definition) is 1. The van der Waals surface area contributed by atoms with E-state index in [9.17, 15) is 9.18 Å². The first-order valence-electron chi connectivity index (χ1n) is 7.53. The second-order valence-corrected chi connectivity index (χ2v) is 6.28. The highest BCUT2D eigenvalue weighted by atomic mass is 79.9. The molecule has 2 rings (SSSR count). The molecule has 122 valence electrons. The predicted octanol–water partition coefficient (Wildman–Crippen LogP) is 4.03. The highest BCUT2D eigenvalue weighted by Crippen LogP contribution is 2.19. The van der Waals surface area contributed by atoms with Gasteiger partial charge in [0.25, 0.3) is 0 Å². The van der Waals surface area contributed by atoms with E-state index < -0.39 is 0 Å². The van der Waals surface area contributed by atoms with Crippen LogP contribution in [0.25, 0.3) is 0 Å². The quantitative estimate of drug-likeness (QED) is 0.824. The molecule has 0 aliphatic heterocycles. The summed E-state index contributed by atoms with van der Waals surface area (Å²) in [5, 5.41) is 0. The van der Waals surface area contributed by atoms with Crippen LogP contribution in [0.1, 0.15) is 30.5 Å². The zero-order valence-corrected chi connectivity index (χ0v) is 14.6. The number of hydrogen-bond acceptors (Lipinski definition) is 2. The number of carbonyl (C=O) groups excluding carboxylic acids is 1. The lowest BCUT2D eigenvalue weighted by Gasteiger charge is -2.23. The number of nitrogens with zero attached hydrogens (tertiary/aromatic N) is 1. The highest BCUT2D eigenvalue weighted by molar-refractivity contribution is 9.10. The van der Waals surface area contributed by atoms with Gasteiger partial charge < -0.3 is 10.6 Å². The summed E-state index contributed by atoms with van der Waals surface area (Å²) >= 11 is 3.33. The molecule has 2 aromatic rings. The van der Waals surface area contributed by atoms with E-state index >= 15 is 0 Å². The normalized spacial score (nSPS) is 12.0. The van der Waals surface area contributed by atoms with Gasteiger partial charge >= 0.3 is 0 Å². The van der Waals surface area contributed by atoms with E-state index in [0.717, 1.165) is 10.0 Å². The third-order valence-electron chi connectivity index (χ3n) is 3.73. The number of carbonyl (C=O) groups is 1. The Morgan fingerprint density at radius 3 is 2.61 bits per heavy atom. The zero-order valence-electron chi connectivity index (χ0n) is 13.0. The number of amides is 1. The fraction of sp³-hybridized carbons (Fsp3) is 0.278. The van der Waals surface area contributed by atoms with Crippen LogP contribution in [0.3, 0.4) is 0 Å². The van der Waals surface area contributed by atoms with E-state index in [1.54, 1.807) is 17.0 Å². The van der Waals surface area contributed by atoms with Crippen LogP contribution in [0.4, 0.5) is 4.39 Å². The number of rotatable bonds is 6. The van der Waals surface area contributed by atoms with Gasteiger partial charge in [0.15, 0.2) is 0 Å². The molecule has 0 bridgehead atoms. The van der Waals surface area contributed by atoms with E-state index in [1.807, 2.05) is 37.3 Å². The van der Waals surface area contributed by atoms with Gasteiger partial charge in [0, 0.05) is 35.6 Å². The molecule has 0 aliphatic carbocycles. The van der Waals surface area contributed by atoms with Crippen molar-refractivity contribution < 1.29 is 9.18 Å². The lowest BCUT2D eigenvalue weighted by molar-refractivity contribution is -0.132. The first-order valence-corrected chi connectivity index (χ1v) is 8.32. The number of nitrogens with two attached hydrogens (primary N) is 1. The molecule has 5 heteroatoms. The van der Waals surface area contributed by atoms with Crippen molar-refractivity contribution in [3.05, 3.63) is 69.9 Å². The molecule has 23 heavy (non-hydrogen) atoms. The fourth-order valence-corrected chi connectivity index (χ4v) is 2.79. The Labute approximate surface area is 144 Å². The first kappa shape index (κ1) is 17.6. The lowest BCUT2D eigenvalue weighted by atomic mass is 10.0. The molecule has 3 nitrogen and oxygen atoms in total. The Bertz CT molecular complexity index is 663. The Kier molecular flexibility index (Phi) is 6.30. The van der Waals surface area contributed by atoms with Crippen molar-refractivity contribution >= 4 is 21.8 Å². The average molecular weight is 379 g/mol. The molecule has 1 atom stereocenters. The molecule has 0 saturated heterocycles. The van der Waals surface area contributed by atoms with Crippen LogP contribution < -0.4 is 5.73 Å². The molecule has 0 aromatic heterocycles. The van der Waals surface area contributed by atoms with E-state index in [0.29, 0.717) is 12.1 Å². The molecule has 0 radical (unpaired) electrons. The SMILES string of the molecule is CCN(Cc1cc(Br)ccc1F)C(=O)CC(N)c1ccccc1. The average Bonchev–Trinajstić information content (AvgIpc) is 2.56. The van der Waals surface area contributed by atoms with Gasteiger partial charge in [-0.1, -0.05) is 46.3 Å². The van der Waals surface area contributed by atoms with Crippen molar-refractivity contribution in [1.29, 1.82) is 0 Å².